The lowest BCUT2D eigenvalue weighted by Gasteiger charge is -2.32. The largest absolute Gasteiger partial charge is 0.443 e. The first-order valence-electron chi connectivity index (χ1n) is 9.30. The third kappa shape index (κ3) is 5.71. The van der Waals surface area contributed by atoms with Crippen molar-refractivity contribution in [3.63, 3.8) is 0 Å². The van der Waals surface area contributed by atoms with Crippen molar-refractivity contribution in [2.45, 2.75) is 71.6 Å². The highest BCUT2D eigenvalue weighted by atomic mass is 16.6. The second kappa shape index (κ2) is 8.13. The van der Waals surface area contributed by atoms with Gasteiger partial charge in [0, 0.05) is 10.5 Å². The van der Waals surface area contributed by atoms with Crippen LogP contribution in [0.3, 0.4) is 0 Å². The summed E-state index contributed by atoms with van der Waals surface area (Å²) in [5, 5.41) is 3.09. The standard InChI is InChI=1S/C20H26N4O5/c1-19(2,3)28-17(26)24(18(27)29-20(4,5)6)15-10-8-12-11-13(7-9-14(12)15)16(25)22-23-21/h7,9,11,15H,8,10H2,1-6H3/t15-/m0/s1. The Morgan fingerprint density at radius 1 is 1.07 bits per heavy atom. The fraction of sp³-hybridized carbons (Fsp3) is 0.550. The SMILES string of the molecule is CC(C)(C)OC(=O)N(C(=O)OC(C)(C)C)[C@H]1CCc2cc(C(=O)N=[N+]=[N-])ccc21. The second-order valence-electron chi connectivity index (χ2n) is 8.79. The van der Waals surface area contributed by atoms with Crippen LogP contribution in [0.1, 0.15) is 75.5 Å². The number of ether oxygens (including phenoxy) is 2. The number of azide groups is 1. The number of hydrogen-bond donors (Lipinski definition) is 0. The minimum absolute atomic E-state index is 0.253. The molecule has 1 aromatic rings. The maximum atomic E-state index is 12.8. The Morgan fingerprint density at radius 2 is 1.62 bits per heavy atom. The molecule has 0 N–H and O–H groups in total. The molecule has 0 saturated carbocycles. The molecule has 0 heterocycles. The molecule has 2 rings (SSSR count). The van der Waals surface area contributed by atoms with E-state index in [-0.39, 0.29) is 5.56 Å². The van der Waals surface area contributed by atoms with E-state index in [4.69, 9.17) is 15.0 Å². The summed E-state index contributed by atoms with van der Waals surface area (Å²) in [6.07, 6.45) is -0.579. The number of carbonyl (C=O) groups excluding carboxylic acids is 3. The topological polar surface area (TPSA) is 122 Å². The van der Waals surface area contributed by atoms with Gasteiger partial charge >= 0.3 is 12.2 Å². The Labute approximate surface area is 169 Å². The lowest BCUT2D eigenvalue weighted by Crippen LogP contribution is -2.45. The minimum atomic E-state index is -0.793. The molecule has 9 heteroatoms. The van der Waals surface area contributed by atoms with Crippen LogP contribution in [-0.4, -0.2) is 34.2 Å². The normalized spacial score (nSPS) is 15.7. The quantitative estimate of drug-likeness (QED) is 0.377. The third-order valence-electron chi connectivity index (χ3n) is 4.06. The van der Waals surface area contributed by atoms with Gasteiger partial charge in [0.05, 0.1) is 6.04 Å². The van der Waals surface area contributed by atoms with Gasteiger partial charge in [0.2, 0.25) is 5.91 Å². The number of rotatable bonds is 2. The van der Waals surface area contributed by atoms with Crippen molar-refractivity contribution in [1.82, 2.24) is 4.90 Å². The molecule has 29 heavy (non-hydrogen) atoms. The zero-order valence-electron chi connectivity index (χ0n) is 17.6. The molecule has 0 unspecified atom stereocenters. The van der Waals surface area contributed by atoms with Crippen molar-refractivity contribution in [3.8, 4) is 0 Å². The summed E-state index contributed by atoms with van der Waals surface area (Å²) in [4.78, 5) is 41.0. The van der Waals surface area contributed by atoms with E-state index < -0.39 is 35.3 Å². The highest BCUT2D eigenvalue weighted by Crippen LogP contribution is 2.38. The molecule has 0 fully saturated rings. The monoisotopic (exact) mass is 402 g/mol. The molecule has 0 aliphatic heterocycles. The van der Waals surface area contributed by atoms with Crippen LogP contribution in [0.5, 0.6) is 0 Å². The molecule has 9 nitrogen and oxygen atoms in total. The van der Waals surface area contributed by atoms with Crippen LogP contribution in [0, 0.1) is 0 Å². The number of aryl methyl sites for hydroxylation is 1. The zero-order valence-corrected chi connectivity index (χ0v) is 17.6. The Hall–Kier alpha value is -3.06. The molecular formula is C20H26N4O5. The summed E-state index contributed by atoms with van der Waals surface area (Å²) in [6.45, 7) is 10.3. The maximum Gasteiger partial charge on any atom is 0.420 e. The van der Waals surface area contributed by atoms with E-state index in [9.17, 15) is 14.4 Å². The molecule has 1 atom stereocenters. The maximum absolute atomic E-state index is 12.8. The number of hydrogen-bond acceptors (Lipinski definition) is 5. The minimum Gasteiger partial charge on any atom is -0.443 e. The summed E-state index contributed by atoms with van der Waals surface area (Å²) in [5.41, 5.74) is 8.64. The summed E-state index contributed by atoms with van der Waals surface area (Å²) < 4.78 is 10.9. The van der Waals surface area contributed by atoms with Gasteiger partial charge in [-0.05, 0) is 82.2 Å². The number of fused-ring (bicyclic) bond motifs is 1. The Morgan fingerprint density at radius 3 is 2.10 bits per heavy atom. The van der Waals surface area contributed by atoms with Crippen LogP contribution in [0.2, 0.25) is 0 Å². The van der Waals surface area contributed by atoms with Crippen molar-refractivity contribution in [1.29, 1.82) is 0 Å². The Bertz CT molecular complexity index is 848. The van der Waals surface area contributed by atoms with Gasteiger partial charge in [-0.1, -0.05) is 12.1 Å². The molecule has 1 aromatic carbocycles. The average molecular weight is 402 g/mol. The van der Waals surface area contributed by atoms with Gasteiger partial charge in [-0.3, -0.25) is 4.79 Å². The molecule has 0 radical (unpaired) electrons. The highest BCUT2D eigenvalue weighted by Gasteiger charge is 2.40. The second-order valence-corrected chi connectivity index (χ2v) is 8.79. The lowest BCUT2D eigenvalue weighted by atomic mass is 10.0. The predicted octanol–water partition coefficient (Wildman–Crippen LogP) is 5.30. The van der Waals surface area contributed by atoms with Gasteiger partial charge in [0.25, 0.3) is 0 Å². The first-order valence-corrected chi connectivity index (χ1v) is 9.30. The molecule has 0 bridgehead atoms. The molecule has 1 aliphatic carbocycles. The van der Waals surface area contributed by atoms with E-state index in [1.807, 2.05) is 0 Å². The van der Waals surface area contributed by atoms with Gasteiger partial charge in [-0.25, -0.2) is 14.5 Å². The van der Waals surface area contributed by atoms with E-state index in [1.165, 1.54) is 6.07 Å². The first-order chi connectivity index (χ1) is 13.3. The van der Waals surface area contributed by atoms with E-state index in [0.29, 0.717) is 12.8 Å². The summed E-state index contributed by atoms with van der Waals surface area (Å²) in [7, 11) is 0. The van der Waals surface area contributed by atoms with Crippen LogP contribution in [0.4, 0.5) is 9.59 Å². The van der Waals surface area contributed by atoms with E-state index in [0.717, 1.165) is 16.0 Å². The van der Waals surface area contributed by atoms with Crippen molar-refractivity contribution in [2.75, 3.05) is 0 Å². The van der Waals surface area contributed by atoms with Gasteiger partial charge in [0.15, 0.2) is 0 Å². The molecular weight excluding hydrogens is 376 g/mol. The fourth-order valence-electron chi connectivity index (χ4n) is 3.05. The third-order valence-corrected chi connectivity index (χ3v) is 4.06. The Balaban J connectivity index is 2.40. The van der Waals surface area contributed by atoms with Crippen LogP contribution in [0.25, 0.3) is 10.4 Å². The van der Waals surface area contributed by atoms with Crippen LogP contribution in [0.15, 0.2) is 23.3 Å². The molecule has 0 spiro atoms. The fourth-order valence-corrected chi connectivity index (χ4v) is 3.05. The van der Waals surface area contributed by atoms with E-state index >= 15 is 0 Å². The van der Waals surface area contributed by atoms with Crippen molar-refractivity contribution >= 4 is 18.1 Å². The molecule has 1 aliphatic rings. The van der Waals surface area contributed by atoms with Crippen LogP contribution in [-0.2, 0) is 15.9 Å². The number of carbonyl (C=O) groups is 3. The van der Waals surface area contributed by atoms with Crippen molar-refractivity contribution < 1.29 is 23.9 Å². The van der Waals surface area contributed by atoms with Crippen LogP contribution < -0.4 is 0 Å². The number of benzene rings is 1. The Kier molecular flexibility index (Phi) is 6.23. The molecule has 0 aromatic heterocycles. The predicted molar refractivity (Wildman–Crippen MR) is 105 cm³/mol. The average Bonchev–Trinajstić information content (AvgIpc) is 2.95. The van der Waals surface area contributed by atoms with Gasteiger partial charge < -0.3 is 9.47 Å². The van der Waals surface area contributed by atoms with Gasteiger partial charge in [-0.15, -0.1) is 0 Å². The molecule has 156 valence electrons. The molecule has 3 amide bonds. The zero-order chi connectivity index (χ0) is 22.0. The van der Waals surface area contributed by atoms with Crippen molar-refractivity contribution in [3.05, 3.63) is 45.3 Å². The summed E-state index contributed by atoms with van der Waals surface area (Å²) in [6, 6.07) is 4.21. The number of nitrogens with zero attached hydrogens (tertiary/aromatic N) is 4. The van der Waals surface area contributed by atoms with Crippen molar-refractivity contribution in [2.24, 2.45) is 5.11 Å². The number of imide groups is 1. The molecule has 0 saturated heterocycles. The van der Waals surface area contributed by atoms with Gasteiger partial charge in [0.1, 0.15) is 11.2 Å². The smallest absolute Gasteiger partial charge is 0.420 e. The first kappa shape index (κ1) is 22.2. The highest BCUT2D eigenvalue weighted by molar-refractivity contribution is 5.95. The lowest BCUT2D eigenvalue weighted by molar-refractivity contribution is -0.00755. The van der Waals surface area contributed by atoms with Gasteiger partial charge in [-0.2, -0.15) is 0 Å². The van der Waals surface area contributed by atoms with E-state index in [1.54, 1.807) is 53.7 Å². The van der Waals surface area contributed by atoms with E-state index in [2.05, 4.69) is 10.0 Å². The summed E-state index contributed by atoms with van der Waals surface area (Å²) >= 11 is 0. The number of amides is 3. The van der Waals surface area contributed by atoms with Crippen LogP contribution >= 0.6 is 0 Å². The summed E-state index contributed by atoms with van der Waals surface area (Å²) in [5.74, 6) is -0.685.